The molecule has 160 valence electrons. The number of esters is 1. The second-order valence-electron chi connectivity index (χ2n) is 6.96. The van der Waals surface area contributed by atoms with E-state index in [9.17, 15) is 9.18 Å². The Hall–Kier alpha value is -3.77. The molecule has 0 radical (unpaired) electrons. The molecule has 0 saturated carbocycles. The first-order valence-corrected chi connectivity index (χ1v) is 10.3. The van der Waals surface area contributed by atoms with Crippen LogP contribution in [-0.2, 0) is 4.79 Å². The average Bonchev–Trinajstić information content (AvgIpc) is 3.18. The molecule has 5 nitrogen and oxygen atoms in total. The lowest BCUT2D eigenvalue weighted by molar-refractivity contribution is -0.128. The quantitative estimate of drug-likeness (QED) is 0.217. The number of aromatic amines is 1. The fraction of sp³-hybridized carbons (Fsp3) is 0.0800. The van der Waals surface area contributed by atoms with E-state index in [0.717, 1.165) is 28.3 Å². The van der Waals surface area contributed by atoms with Crippen LogP contribution in [0.25, 0.3) is 22.0 Å². The number of hydrogen-bond acceptors (Lipinski definition) is 4. The molecule has 2 heterocycles. The smallest absolute Gasteiger partial charge is 0.335 e. The molecule has 4 rings (SSSR count). The van der Waals surface area contributed by atoms with E-state index in [1.54, 1.807) is 36.7 Å². The van der Waals surface area contributed by atoms with Gasteiger partial charge >= 0.3 is 5.97 Å². The van der Waals surface area contributed by atoms with Gasteiger partial charge in [-0.15, -0.1) is 5.10 Å². The van der Waals surface area contributed by atoms with Gasteiger partial charge in [-0.2, -0.15) is 4.39 Å². The summed E-state index contributed by atoms with van der Waals surface area (Å²) in [6.45, 7) is 5.48. The number of allylic oxidation sites excluding steroid dienone is 1. The number of nitrogens with one attached hydrogen (secondary N) is 1. The second kappa shape index (κ2) is 9.16. The van der Waals surface area contributed by atoms with Crippen molar-refractivity contribution in [3.05, 3.63) is 101 Å². The van der Waals surface area contributed by atoms with E-state index in [-0.39, 0.29) is 0 Å². The first-order valence-electron chi connectivity index (χ1n) is 9.94. The monoisotopic (exact) mass is 447 g/mol. The van der Waals surface area contributed by atoms with Gasteiger partial charge in [-0.3, -0.25) is 10.1 Å². The predicted molar refractivity (Wildman–Crippen MR) is 124 cm³/mol. The van der Waals surface area contributed by atoms with Gasteiger partial charge in [0.1, 0.15) is 5.75 Å². The highest BCUT2D eigenvalue weighted by atomic mass is 35.5. The van der Waals surface area contributed by atoms with Crippen molar-refractivity contribution in [2.75, 3.05) is 0 Å². The molecular weight excluding hydrogens is 429 g/mol. The fourth-order valence-corrected chi connectivity index (χ4v) is 3.90. The summed E-state index contributed by atoms with van der Waals surface area (Å²) in [4.78, 5) is 16.1. The zero-order valence-electron chi connectivity index (χ0n) is 17.2. The van der Waals surface area contributed by atoms with Crippen LogP contribution >= 0.6 is 11.6 Å². The normalized spacial score (nSPS) is 11.8. The number of carbonyl (C=O) groups is 1. The number of rotatable bonds is 6. The number of ether oxygens (including phenoxy) is 1. The number of fused-ring (bicyclic) bond motifs is 1. The number of H-pyrrole nitrogens is 1. The van der Waals surface area contributed by atoms with Crippen LogP contribution in [-0.4, -0.2) is 21.2 Å². The van der Waals surface area contributed by atoms with Gasteiger partial charge in [0, 0.05) is 24.0 Å². The molecule has 0 bridgehead atoms. The van der Waals surface area contributed by atoms with Crippen molar-refractivity contribution in [3.63, 3.8) is 0 Å². The predicted octanol–water partition coefficient (Wildman–Crippen LogP) is 6.21. The average molecular weight is 448 g/mol. The van der Waals surface area contributed by atoms with Gasteiger partial charge in [-0.05, 0) is 53.0 Å². The molecule has 0 saturated heterocycles. The number of aromatic nitrogens is 3. The highest BCUT2D eigenvalue weighted by Gasteiger charge is 2.20. The molecule has 0 atom stereocenters. The Balaban J connectivity index is 2.06. The first kappa shape index (κ1) is 21.5. The number of pyridine rings is 1. The molecule has 7 heteroatoms. The van der Waals surface area contributed by atoms with Gasteiger partial charge in [0.15, 0.2) is 0 Å². The van der Waals surface area contributed by atoms with Crippen LogP contribution in [0.2, 0.25) is 5.02 Å². The van der Waals surface area contributed by atoms with Gasteiger partial charge in [-0.25, -0.2) is 4.79 Å². The van der Waals surface area contributed by atoms with Crippen LogP contribution in [0.3, 0.4) is 0 Å². The Bertz CT molecular complexity index is 1360. The maximum Gasteiger partial charge on any atom is 0.335 e. The van der Waals surface area contributed by atoms with Crippen LogP contribution in [0, 0.1) is 5.95 Å². The summed E-state index contributed by atoms with van der Waals surface area (Å²) >= 11 is 6.50. The van der Waals surface area contributed by atoms with Crippen LogP contribution < -0.4 is 4.74 Å². The van der Waals surface area contributed by atoms with Crippen LogP contribution in [0.5, 0.6) is 5.75 Å². The maximum atomic E-state index is 14.3. The third kappa shape index (κ3) is 4.05. The second-order valence-corrected chi connectivity index (χ2v) is 7.37. The summed E-state index contributed by atoms with van der Waals surface area (Å²) in [7, 11) is 0. The van der Waals surface area contributed by atoms with Crippen LogP contribution in [0.15, 0.2) is 73.6 Å². The van der Waals surface area contributed by atoms with Gasteiger partial charge in [0.25, 0.3) is 0 Å². The fourth-order valence-electron chi connectivity index (χ4n) is 3.66. The van der Waals surface area contributed by atoms with Gasteiger partial charge in [-0.1, -0.05) is 49.4 Å². The molecule has 0 spiro atoms. The van der Waals surface area contributed by atoms with E-state index >= 15 is 0 Å². The molecule has 2 aromatic carbocycles. The number of para-hydroxylation sites is 1. The molecule has 0 aliphatic heterocycles. The maximum absolute atomic E-state index is 14.3. The molecule has 0 aliphatic rings. The van der Waals surface area contributed by atoms with E-state index in [2.05, 4.69) is 21.8 Å². The van der Waals surface area contributed by atoms with Crippen molar-refractivity contribution in [2.24, 2.45) is 0 Å². The third-order valence-electron chi connectivity index (χ3n) is 5.09. The molecule has 32 heavy (non-hydrogen) atoms. The molecule has 0 amide bonds. The lowest BCUT2D eigenvalue weighted by Crippen LogP contribution is -2.06. The lowest BCUT2D eigenvalue weighted by Gasteiger charge is -2.19. The number of carbonyl (C=O) groups excluding carboxylic acids is 1. The van der Waals surface area contributed by atoms with Gasteiger partial charge < -0.3 is 4.74 Å². The van der Waals surface area contributed by atoms with Crippen molar-refractivity contribution in [3.8, 4) is 5.75 Å². The Labute approximate surface area is 189 Å². The Kier molecular flexibility index (Phi) is 6.14. The number of nitrogens with zero attached hydrogens (tertiary/aromatic N) is 2. The zero-order valence-corrected chi connectivity index (χ0v) is 18.0. The number of benzene rings is 2. The molecular formula is C25H19ClFN3O2. The van der Waals surface area contributed by atoms with Crippen molar-refractivity contribution < 1.29 is 13.9 Å². The molecule has 4 aromatic rings. The molecule has 0 fully saturated rings. The van der Waals surface area contributed by atoms with Crippen molar-refractivity contribution in [1.29, 1.82) is 0 Å². The molecule has 2 aromatic heterocycles. The summed E-state index contributed by atoms with van der Waals surface area (Å²) in [6.07, 6.45) is 4.95. The summed E-state index contributed by atoms with van der Waals surface area (Å²) < 4.78 is 19.8. The van der Waals surface area contributed by atoms with E-state index < -0.39 is 11.9 Å². The van der Waals surface area contributed by atoms with Crippen molar-refractivity contribution in [2.45, 2.75) is 13.3 Å². The van der Waals surface area contributed by atoms with E-state index in [4.69, 9.17) is 16.3 Å². The Morgan fingerprint density at radius 3 is 2.78 bits per heavy atom. The van der Waals surface area contributed by atoms with Crippen molar-refractivity contribution in [1.82, 2.24) is 15.2 Å². The summed E-state index contributed by atoms with van der Waals surface area (Å²) in [5.41, 5.74) is 4.41. The highest BCUT2D eigenvalue weighted by molar-refractivity contribution is 6.32. The number of halogens is 2. The minimum Gasteiger partial charge on any atom is -0.423 e. The molecule has 0 aliphatic carbocycles. The van der Waals surface area contributed by atoms with E-state index in [0.29, 0.717) is 33.7 Å². The highest BCUT2D eigenvalue weighted by Crippen LogP contribution is 2.40. The first-order chi connectivity index (χ1) is 15.5. The standard InChI is InChI=1S/C25H19ClFN3O2/c1-3-16(17-11-12-28-14-20(17)26)24(15-9-10-21-19(13-15)25(27)30-29-21)18-7-5-6-8-22(18)32-23(31)4-2/h4-14H,2-3H2,1H3,(H,29,30)/b24-16+. The van der Waals surface area contributed by atoms with Gasteiger partial charge in [0.2, 0.25) is 5.95 Å². The minimum atomic E-state index is -0.590. The topological polar surface area (TPSA) is 67.9 Å². The third-order valence-corrected chi connectivity index (χ3v) is 5.39. The lowest BCUT2D eigenvalue weighted by atomic mass is 9.87. The van der Waals surface area contributed by atoms with E-state index in [1.807, 2.05) is 31.2 Å². The summed E-state index contributed by atoms with van der Waals surface area (Å²) in [5.74, 6) is -0.808. The number of hydrogen-bond donors (Lipinski definition) is 1. The molecule has 0 unspecified atom stereocenters. The van der Waals surface area contributed by atoms with Crippen LogP contribution in [0.1, 0.15) is 30.0 Å². The molecule has 1 N–H and O–H groups in total. The Morgan fingerprint density at radius 1 is 1.22 bits per heavy atom. The Morgan fingerprint density at radius 2 is 2.03 bits per heavy atom. The summed E-state index contributed by atoms with van der Waals surface area (Å²) in [5, 5.41) is 7.17. The van der Waals surface area contributed by atoms with Gasteiger partial charge in [0.05, 0.1) is 15.9 Å². The van der Waals surface area contributed by atoms with Crippen molar-refractivity contribution >= 4 is 39.6 Å². The largest absolute Gasteiger partial charge is 0.423 e. The SMILES string of the molecule is C=CC(=O)Oc1ccccc1/C(=C(\CC)c1ccncc1Cl)c1ccc2[nH]nc(F)c2c1. The minimum absolute atomic E-state index is 0.358. The summed E-state index contributed by atoms with van der Waals surface area (Å²) in [6, 6.07) is 14.4. The zero-order chi connectivity index (χ0) is 22.7. The van der Waals surface area contributed by atoms with E-state index in [1.165, 1.54) is 0 Å². The van der Waals surface area contributed by atoms with Crippen LogP contribution in [0.4, 0.5) is 4.39 Å².